The van der Waals surface area contributed by atoms with Crippen molar-refractivity contribution in [3.8, 4) is 0 Å². The number of aromatic nitrogens is 2. The Morgan fingerprint density at radius 3 is 2.46 bits per heavy atom. The molecule has 0 bridgehead atoms. The van der Waals surface area contributed by atoms with E-state index >= 15 is 0 Å². The number of nitrogens with zero attached hydrogens (tertiary/aromatic N) is 2. The Bertz CT molecular complexity index is 839. The second-order valence-electron chi connectivity index (χ2n) is 6.59. The molecule has 0 spiro atoms. The molecule has 0 unspecified atom stereocenters. The van der Waals surface area contributed by atoms with Crippen LogP contribution in [0.4, 0.5) is 10.5 Å². The van der Waals surface area contributed by atoms with Crippen LogP contribution in [-0.2, 0) is 13.1 Å². The van der Waals surface area contributed by atoms with Crippen molar-refractivity contribution in [2.75, 3.05) is 5.32 Å². The van der Waals surface area contributed by atoms with Gasteiger partial charge >= 0.3 is 6.03 Å². The normalized spacial score (nSPS) is 10.7. The Kier molecular flexibility index (Phi) is 5.69. The molecule has 1 heterocycles. The number of carbonyl (C=O) groups is 1. The van der Waals surface area contributed by atoms with Crippen LogP contribution in [0.1, 0.15) is 36.5 Å². The molecule has 2 aromatic carbocycles. The van der Waals surface area contributed by atoms with Crippen molar-refractivity contribution in [2.45, 2.75) is 32.9 Å². The van der Waals surface area contributed by atoms with Gasteiger partial charge in [-0.1, -0.05) is 50.2 Å². The van der Waals surface area contributed by atoms with E-state index in [0.717, 1.165) is 23.4 Å². The van der Waals surface area contributed by atoms with Crippen LogP contribution in [0.2, 0.25) is 0 Å². The molecule has 0 radical (unpaired) electrons. The third-order valence-corrected chi connectivity index (χ3v) is 4.31. The number of nitrogens with one attached hydrogen (secondary N) is 2. The van der Waals surface area contributed by atoms with E-state index in [-0.39, 0.29) is 6.03 Å². The lowest BCUT2D eigenvalue weighted by Crippen LogP contribution is -2.28. The third-order valence-electron chi connectivity index (χ3n) is 4.31. The minimum Gasteiger partial charge on any atom is -0.334 e. The Labute approximate surface area is 154 Å². The van der Waals surface area contributed by atoms with Gasteiger partial charge in [-0.05, 0) is 34.7 Å². The number of hydrogen-bond acceptors (Lipinski definition) is 2. The first-order valence-corrected chi connectivity index (χ1v) is 8.79. The Morgan fingerprint density at radius 1 is 1.08 bits per heavy atom. The predicted molar refractivity (Wildman–Crippen MR) is 104 cm³/mol. The first-order chi connectivity index (χ1) is 12.6. The summed E-state index contributed by atoms with van der Waals surface area (Å²) in [5.41, 5.74) is 4.29. The molecule has 0 aliphatic carbocycles. The van der Waals surface area contributed by atoms with Crippen LogP contribution in [0.3, 0.4) is 0 Å². The molecular formula is C21H24N4O. The highest BCUT2D eigenvalue weighted by Gasteiger charge is 2.06. The fourth-order valence-electron chi connectivity index (χ4n) is 2.76. The molecule has 0 aliphatic rings. The molecule has 0 saturated carbocycles. The average Bonchev–Trinajstić information content (AvgIpc) is 3.14. The zero-order chi connectivity index (χ0) is 18.4. The molecule has 0 aliphatic heterocycles. The molecule has 1 aromatic heterocycles. The number of anilines is 1. The molecule has 0 fully saturated rings. The number of carbonyl (C=O) groups excluding carboxylic acids is 1. The van der Waals surface area contributed by atoms with Gasteiger partial charge in [0.05, 0.1) is 6.33 Å². The molecular weight excluding hydrogens is 324 g/mol. The lowest BCUT2D eigenvalue weighted by atomic mass is 10.0. The molecule has 2 N–H and O–H groups in total. The quantitative estimate of drug-likeness (QED) is 0.695. The van der Waals surface area contributed by atoms with Gasteiger partial charge < -0.3 is 15.2 Å². The molecule has 0 saturated heterocycles. The van der Waals surface area contributed by atoms with Gasteiger partial charge in [0.15, 0.2) is 0 Å². The van der Waals surface area contributed by atoms with E-state index in [2.05, 4.69) is 35.5 Å². The number of hydrogen-bond donors (Lipinski definition) is 2. The van der Waals surface area contributed by atoms with Crippen LogP contribution < -0.4 is 10.6 Å². The van der Waals surface area contributed by atoms with Gasteiger partial charge in [0.25, 0.3) is 0 Å². The van der Waals surface area contributed by atoms with E-state index in [0.29, 0.717) is 12.5 Å². The van der Waals surface area contributed by atoms with Gasteiger partial charge in [0.2, 0.25) is 0 Å². The van der Waals surface area contributed by atoms with Crippen LogP contribution in [-0.4, -0.2) is 15.6 Å². The van der Waals surface area contributed by atoms with Gasteiger partial charge in [-0.15, -0.1) is 0 Å². The summed E-state index contributed by atoms with van der Waals surface area (Å²) in [7, 11) is 0. The molecule has 26 heavy (non-hydrogen) atoms. The maximum Gasteiger partial charge on any atom is 0.319 e. The summed E-state index contributed by atoms with van der Waals surface area (Å²) in [5, 5.41) is 5.81. The molecule has 5 nitrogen and oxygen atoms in total. The molecule has 2 amide bonds. The summed E-state index contributed by atoms with van der Waals surface area (Å²) >= 11 is 0. The minimum absolute atomic E-state index is 0.209. The lowest BCUT2D eigenvalue weighted by Gasteiger charge is -2.12. The van der Waals surface area contributed by atoms with Crippen LogP contribution in [0.25, 0.3) is 0 Å². The summed E-state index contributed by atoms with van der Waals surface area (Å²) in [5.74, 6) is 0.477. The van der Waals surface area contributed by atoms with Gasteiger partial charge in [0.1, 0.15) is 0 Å². The van der Waals surface area contributed by atoms with Crippen molar-refractivity contribution in [2.24, 2.45) is 0 Å². The molecule has 5 heteroatoms. The highest BCUT2D eigenvalue weighted by molar-refractivity contribution is 5.89. The van der Waals surface area contributed by atoms with Crippen LogP contribution in [0.15, 0.2) is 67.3 Å². The van der Waals surface area contributed by atoms with Crippen molar-refractivity contribution in [3.63, 3.8) is 0 Å². The predicted octanol–water partition coefficient (Wildman–Crippen LogP) is 4.38. The number of urea groups is 1. The highest BCUT2D eigenvalue weighted by atomic mass is 16.2. The van der Waals surface area contributed by atoms with E-state index in [9.17, 15) is 4.79 Å². The van der Waals surface area contributed by atoms with Gasteiger partial charge in [-0.2, -0.15) is 0 Å². The molecule has 0 atom stereocenters. The lowest BCUT2D eigenvalue weighted by molar-refractivity contribution is 0.251. The molecule has 134 valence electrons. The zero-order valence-corrected chi connectivity index (χ0v) is 15.1. The van der Waals surface area contributed by atoms with Crippen molar-refractivity contribution in [1.29, 1.82) is 0 Å². The van der Waals surface area contributed by atoms with Crippen LogP contribution >= 0.6 is 0 Å². The Balaban J connectivity index is 1.57. The van der Waals surface area contributed by atoms with Crippen molar-refractivity contribution in [3.05, 3.63) is 83.9 Å². The number of imidazole rings is 1. The van der Waals surface area contributed by atoms with E-state index in [1.165, 1.54) is 5.56 Å². The van der Waals surface area contributed by atoms with E-state index in [1.807, 2.05) is 53.2 Å². The fourth-order valence-corrected chi connectivity index (χ4v) is 2.76. The summed E-state index contributed by atoms with van der Waals surface area (Å²) < 4.78 is 2.01. The summed E-state index contributed by atoms with van der Waals surface area (Å²) in [6.45, 7) is 5.50. The molecule has 3 aromatic rings. The Morgan fingerprint density at radius 2 is 1.81 bits per heavy atom. The molecule has 3 rings (SSSR count). The second kappa shape index (κ2) is 8.34. The smallest absolute Gasteiger partial charge is 0.319 e. The van der Waals surface area contributed by atoms with Crippen molar-refractivity contribution < 1.29 is 4.79 Å². The zero-order valence-electron chi connectivity index (χ0n) is 15.1. The Hall–Kier alpha value is -3.08. The highest BCUT2D eigenvalue weighted by Crippen LogP contribution is 2.17. The van der Waals surface area contributed by atoms with Crippen molar-refractivity contribution in [1.82, 2.24) is 14.9 Å². The van der Waals surface area contributed by atoms with Crippen molar-refractivity contribution >= 4 is 11.7 Å². The minimum atomic E-state index is -0.209. The van der Waals surface area contributed by atoms with Gasteiger partial charge in [-0.25, -0.2) is 9.78 Å². The SMILES string of the molecule is CC(C)c1ccc(NC(=O)NCc2ccccc2Cn2ccnc2)cc1. The second-order valence-corrected chi connectivity index (χ2v) is 6.59. The first-order valence-electron chi connectivity index (χ1n) is 8.79. The maximum absolute atomic E-state index is 12.2. The van der Waals surface area contributed by atoms with Gasteiger partial charge in [0, 0.05) is 31.2 Å². The number of benzene rings is 2. The third kappa shape index (κ3) is 4.72. The summed E-state index contributed by atoms with van der Waals surface area (Å²) in [6.07, 6.45) is 5.48. The largest absolute Gasteiger partial charge is 0.334 e. The number of rotatable bonds is 6. The van der Waals surface area contributed by atoms with Crippen LogP contribution in [0, 0.1) is 0 Å². The maximum atomic E-state index is 12.2. The van der Waals surface area contributed by atoms with E-state index in [4.69, 9.17) is 0 Å². The summed E-state index contributed by atoms with van der Waals surface area (Å²) in [6, 6.07) is 15.8. The average molecular weight is 348 g/mol. The first kappa shape index (κ1) is 17.7. The van der Waals surface area contributed by atoms with E-state index in [1.54, 1.807) is 12.5 Å². The van der Waals surface area contributed by atoms with Gasteiger partial charge in [-0.3, -0.25) is 0 Å². The standard InChI is InChI=1S/C21H24N4O/c1-16(2)17-7-9-20(10-8-17)24-21(26)23-13-18-5-3-4-6-19(18)14-25-12-11-22-15-25/h3-12,15-16H,13-14H2,1-2H3,(H2,23,24,26). The van der Waals surface area contributed by atoms with E-state index < -0.39 is 0 Å². The fraction of sp³-hybridized carbons (Fsp3) is 0.238. The topological polar surface area (TPSA) is 59.0 Å². The summed E-state index contributed by atoms with van der Waals surface area (Å²) in [4.78, 5) is 16.3. The number of amides is 2. The van der Waals surface area contributed by atoms with Crippen LogP contribution in [0.5, 0.6) is 0 Å². The monoisotopic (exact) mass is 348 g/mol.